The van der Waals surface area contributed by atoms with Gasteiger partial charge in [-0.05, 0) is 126 Å². The van der Waals surface area contributed by atoms with Crippen molar-refractivity contribution in [1.82, 2.24) is 19.9 Å². The zero-order valence-corrected chi connectivity index (χ0v) is 29.1. The maximum atomic E-state index is 10.2. The van der Waals surface area contributed by atoms with Crippen molar-refractivity contribution < 1.29 is 31.4 Å². The van der Waals surface area contributed by atoms with Crippen molar-refractivity contribution in [2.24, 2.45) is 0 Å². The van der Waals surface area contributed by atoms with Crippen LogP contribution in [0.2, 0.25) is 0 Å². The second kappa shape index (κ2) is 21.6. The Morgan fingerprint density at radius 1 is 0.377 bits per heavy atom. The number of rotatable bonds is 9. The van der Waals surface area contributed by atoms with Gasteiger partial charge in [0.15, 0.2) is 0 Å². The molecule has 10 nitrogen and oxygen atoms in total. The molecule has 53 heavy (non-hydrogen) atoms. The Labute approximate surface area is 309 Å². The molecule has 0 aliphatic carbocycles. The molecule has 0 aliphatic heterocycles. The molecule has 0 saturated carbocycles. The van der Waals surface area contributed by atoms with Gasteiger partial charge in [0.1, 0.15) is 23.0 Å². The van der Waals surface area contributed by atoms with Gasteiger partial charge < -0.3 is 31.4 Å². The summed E-state index contributed by atoms with van der Waals surface area (Å²) in [6, 6.07) is 34.3. The Hall–Kier alpha value is -6.62. The summed E-state index contributed by atoms with van der Waals surface area (Å²) in [6.07, 6.45) is 18.9. The number of para-hydroxylation sites is 2. The minimum absolute atomic E-state index is 0. The van der Waals surface area contributed by atoms with Crippen LogP contribution < -0.4 is 0 Å². The van der Waals surface area contributed by atoms with Gasteiger partial charge >= 0.3 is 0 Å². The summed E-state index contributed by atoms with van der Waals surface area (Å²) in [4.78, 5) is 16.0. The monoisotopic (exact) mass is 712 g/mol. The molecule has 8 N–H and O–H groups in total. The predicted octanol–water partition coefficient (Wildman–Crippen LogP) is 6.56. The van der Waals surface area contributed by atoms with Gasteiger partial charge in [-0.15, -0.1) is 0 Å². The number of pyridine rings is 4. The lowest BCUT2D eigenvalue weighted by molar-refractivity contribution is 0.445. The number of phenolic OH excluding ortho intramolecular Hbond substituents is 4. The number of nitrogens with zero attached hydrogens (tertiary/aromatic N) is 4. The van der Waals surface area contributed by atoms with E-state index in [1.165, 1.54) is 40.5 Å². The number of aromatic hydroxyl groups is 4. The van der Waals surface area contributed by atoms with Crippen molar-refractivity contribution in [1.29, 1.82) is 0 Å². The van der Waals surface area contributed by atoms with Crippen LogP contribution >= 0.6 is 0 Å². The summed E-state index contributed by atoms with van der Waals surface area (Å²) in [5.41, 5.74) is 7.02. The molecule has 0 radical (unpaired) electrons. The minimum Gasteiger partial charge on any atom is -0.508 e. The van der Waals surface area contributed by atoms with Gasteiger partial charge in [0, 0.05) is 72.7 Å². The molecule has 3 aromatic carbocycles. The van der Waals surface area contributed by atoms with Gasteiger partial charge in [-0.2, -0.15) is 0 Å². The fourth-order valence-electron chi connectivity index (χ4n) is 5.55. The number of hydrogen-bond donors (Lipinski definition) is 4. The first-order valence-corrected chi connectivity index (χ1v) is 16.6. The summed E-state index contributed by atoms with van der Waals surface area (Å²) < 4.78 is 0. The number of aromatic nitrogens is 4. The second-order valence-electron chi connectivity index (χ2n) is 11.8. The summed E-state index contributed by atoms with van der Waals surface area (Å²) in [7, 11) is 0. The van der Waals surface area contributed by atoms with Crippen LogP contribution in [0.4, 0.5) is 0 Å². The zero-order chi connectivity index (χ0) is 35.7. The molecule has 4 aromatic heterocycles. The molecule has 0 aliphatic rings. The molecule has 7 aromatic rings. The zero-order valence-electron chi connectivity index (χ0n) is 29.1. The van der Waals surface area contributed by atoms with Crippen LogP contribution in [0.5, 0.6) is 23.0 Å². The van der Waals surface area contributed by atoms with Crippen LogP contribution in [0, 0.1) is 0 Å². The average molecular weight is 713 g/mol. The van der Waals surface area contributed by atoms with Gasteiger partial charge in [-0.3, -0.25) is 19.9 Å². The quantitative estimate of drug-likeness (QED) is 0.121. The Balaban J connectivity index is 0.000000220. The topological polar surface area (TPSA) is 195 Å². The van der Waals surface area contributed by atoms with Crippen LogP contribution in [-0.2, 0) is 25.7 Å². The Morgan fingerprint density at radius 3 is 0.943 bits per heavy atom. The van der Waals surface area contributed by atoms with E-state index in [2.05, 4.69) is 68.5 Å². The average Bonchev–Trinajstić information content (AvgIpc) is 3.17. The van der Waals surface area contributed by atoms with E-state index in [1.807, 2.05) is 49.6 Å². The normalized spacial score (nSPS) is 9.98. The number of hydrogen-bond acceptors (Lipinski definition) is 8. The van der Waals surface area contributed by atoms with Crippen LogP contribution in [0.25, 0.3) is 0 Å². The van der Waals surface area contributed by atoms with Gasteiger partial charge in [0.2, 0.25) is 0 Å². The van der Waals surface area contributed by atoms with E-state index < -0.39 is 5.92 Å². The Morgan fingerprint density at radius 2 is 0.660 bits per heavy atom. The van der Waals surface area contributed by atoms with E-state index in [-0.39, 0.29) is 34.0 Å². The van der Waals surface area contributed by atoms with E-state index in [9.17, 15) is 20.4 Å². The fourth-order valence-corrected chi connectivity index (χ4v) is 5.55. The van der Waals surface area contributed by atoms with Crippen LogP contribution in [0.1, 0.15) is 44.9 Å². The molecule has 10 heteroatoms. The highest BCUT2D eigenvalue weighted by atomic mass is 16.3. The van der Waals surface area contributed by atoms with Crippen molar-refractivity contribution in [2.75, 3.05) is 0 Å². The Kier molecular flexibility index (Phi) is 16.6. The van der Waals surface area contributed by atoms with E-state index in [4.69, 9.17) is 0 Å². The lowest BCUT2D eigenvalue weighted by Crippen LogP contribution is -2.04. The van der Waals surface area contributed by atoms with E-state index in [0.717, 1.165) is 25.7 Å². The molecule has 7 rings (SSSR count). The standard InChI is InChI=1S/C19H16O4.2C12H12N2.2H2O/c20-13-9-12(10-14(21)11-13)19(15-5-1-3-7-17(15)22)16-6-2-4-8-18(16)23;2*1(11-3-7-13-8-4-11)2-12-5-9-14-10-6-12;;/h1-11,19-23H;2*3-10H,1-2H2;2*1H2. The number of phenols is 4. The molecular formula is C43H44N4O6. The van der Waals surface area contributed by atoms with Crippen molar-refractivity contribution >= 4 is 0 Å². The smallest absolute Gasteiger partial charge is 0.119 e. The SMILES string of the molecule is O.O.Oc1cc(O)cc(C(c2ccccc2O)c2ccccc2O)c1.c1cc(CCc2ccncc2)ccn1.c1cc(CCc2ccncc2)ccn1. The minimum atomic E-state index is -0.532. The van der Waals surface area contributed by atoms with E-state index >= 15 is 0 Å². The van der Waals surface area contributed by atoms with Gasteiger partial charge in [-0.1, -0.05) is 36.4 Å². The molecule has 0 unspecified atom stereocenters. The molecule has 0 saturated heterocycles. The first-order valence-electron chi connectivity index (χ1n) is 16.6. The molecule has 0 amide bonds. The molecular weight excluding hydrogens is 668 g/mol. The molecule has 0 bridgehead atoms. The largest absolute Gasteiger partial charge is 0.508 e. The van der Waals surface area contributed by atoms with Gasteiger partial charge in [0.05, 0.1) is 0 Å². The maximum Gasteiger partial charge on any atom is 0.119 e. The Bertz CT molecular complexity index is 1830. The predicted molar refractivity (Wildman–Crippen MR) is 206 cm³/mol. The van der Waals surface area contributed by atoms with Crippen LogP contribution in [0.3, 0.4) is 0 Å². The third-order valence-corrected chi connectivity index (χ3v) is 8.16. The van der Waals surface area contributed by atoms with E-state index in [1.54, 1.807) is 48.5 Å². The van der Waals surface area contributed by atoms with Gasteiger partial charge in [0.25, 0.3) is 0 Å². The highest BCUT2D eigenvalue weighted by Gasteiger charge is 2.23. The van der Waals surface area contributed by atoms with Crippen LogP contribution in [-0.4, -0.2) is 51.3 Å². The summed E-state index contributed by atoms with van der Waals surface area (Å²) in [6.45, 7) is 0. The van der Waals surface area contributed by atoms with Crippen molar-refractivity contribution in [3.63, 3.8) is 0 Å². The highest BCUT2D eigenvalue weighted by molar-refractivity contribution is 5.54. The second-order valence-corrected chi connectivity index (χ2v) is 11.8. The highest BCUT2D eigenvalue weighted by Crippen LogP contribution is 2.41. The third-order valence-electron chi connectivity index (χ3n) is 8.16. The summed E-state index contributed by atoms with van der Waals surface area (Å²) in [5.74, 6) is -0.561. The molecule has 0 atom stereocenters. The van der Waals surface area contributed by atoms with Gasteiger partial charge in [-0.25, -0.2) is 0 Å². The third kappa shape index (κ3) is 12.9. The summed E-state index contributed by atoms with van der Waals surface area (Å²) in [5, 5.41) is 40.0. The first kappa shape index (κ1) is 40.8. The lowest BCUT2D eigenvalue weighted by atomic mass is 9.84. The molecule has 0 fully saturated rings. The van der Waals surface area contributed by atoms with Crippen molar-refractivity contribution in [3.8, 4) is 23.0 Å². The van der Waals surface area contributed by atoms with E-state index in [0.29, 0.717) is 16.7 Å². The van der Waals surface area contributed by atoms with Crippen LogP contribution in [0.15, 0.2) is 165 Å². The number of benzene rings is 3. The lowest BCUT2D eigenvalue weighted by Gasteiger charge is -2.21. The molecule has 4 heterocycles. The van der Waals surface area contributed by atoms with Crippen molar-refractivity contribution in [2.45, 2.75) is 31.6 Å². The first-order chi connectivity index (χ1) is 25.0. The number of aryl methyl sites for hydroxylation is 4. The maximum absolute atomic E-state index is 10.2. The fraction of sp³-hybridized carbons (Fsp3) is 0.116. The molecule has 0 spiro atoms. The summed E-state index contributed by atoms with van der Waals surface area (Å²) >= 11 is 0. The molecule has 272 valence electrons. The van der Waals surface area contributed by atoms with Crippen molar-refractivity contribution in [3.05, 3.63) is 204 Å².